The van der Waals surface area contributed by atoms with Crippen LogP contribution < -0.4 is 25.4 Å². The largest absolute Gasteiger partial charge is 0.490 e. The van der Waals surface area contributed by atoms with Gasteiger partial charge in [-0.1, -0.05) is 25.5 Å². The zero-order chi connectivity index (χ0) is 21.2. The highest BCUT2D eigenvalue weighted by Crippen LogP contribution is 2.32. The Balaban J connectivity index is 0.00000341. The smallest absolute Gasteiger partial charge is 0.251 e. The molecular formula is C23H31IN4O3. The molecule has 8 heteroatoms. The molecule has 0 spiro atoms. The SMILES string of the molecule is CCCCNC(=O)c1ccc(CNC(=NC)Nc2ccc3c(c2)OCCCO3)cc1.I. The van der Waals surface area contributed by atoms with Gasteiger partial charge in [0, 0.05) is 43.9 Å². The van der Waals surface area contributed by atoms with Crippen molar-refractivity contribution in [3.05, 3.63) is 53.6 Å². The van der Waals surface area contributed by atoms with Gasteiger partial charge in [-0.3, -0.25) is 9.79 Å². The second-order valence-corrected chi connectivity index (χ2v) is 7.07. The summed E-state index contributed by atoms with van der Waals surface area (Å²) in [6.07, 6.45) is 2.93. The van der Waals surface area contributed by atoms with E-state index in [4.69, 9.17) is 9.47 Å². The number of unbranched alkanes of at least 4 members (excludes halogenated alkanes) is 1. The predicted octanol–water partition coefficient (Wildman–Crippen LogP) is 4.18. The van der Waals surface area contributed by atoms with Gasteiger partial charge in [0.2, 0.25) is 0 Å². The van der Waals surface area contributed by atoms with Crippen LogP contribution in [0.15, 0.2) is 47.5 Å². The van der Waals surface area contributed by atoms with Crippen LogP contribution in [-0.2, 0) is 6.54 Å². The van der Waals surface area contributed by atoms with Gasteiger partial charge in [-0.25, -0.2) is 0 Å². The number of nitrogens with one attached hydrogen (secondary N) is 3. The summed E-state index contributed by atoms with van der Waals surface area (Å²) < 4.78 is 11.4. The molecule has 0 bridgehead atoms. The number of carbonyl (C=O) groups is 1. The first-order chi connectivity index (χ1) is 14.7. The molecule has 3 N–H and O–H groups in total. The molecule has 1 aliphatic heterocycles. The lowest BCUT2D eigenvalue weighted by molar-refractivity contribution is 0.0953. The van der Waals surface area contributed by atoms with E-state index in [1.807, 2.05) is 42.5 Å². The van der Waals surface area contributed by atoms with Crippen molar-refractivity contribution in [1.82, 2.24) is 10.6 Å². The van der Waals surface area contributed by atoms with Crippen molar-refractivity contribution in [2.45, 2.75) is 32.7 Å². The van der Waals surface area contributed by atoms with Crippen molar-refractivity contribution in [3.63, 3.8) is 0 Å². The summed E-state index contributed by atoms with van der Waals surface area (Å²) in [5, 5.41) is 9.48. The monoisotopic (exact) mass is 538 g/mol. The van der Waals surface area contributed by atoms with Crippen molar-refractivity contribution in [3.8, 4) is 11.5 Å². The molecule has 0 radical (unpaired) electrons. The Kier molecular flexibility index (Phi) is 10.4. The Morgan fingerprint density at radius 2 is 1.77 bits per heavy atom. The molecule has 2 aromatic carbocycles. The van der Waals surface area contributed by atoms with Crippen LogP contribution in [0.4, 0.5) is 5.69 Å². The average Bonchev–Trinajstić information content (AvgIpc) is 3.02. The zero-order valence-corrected chi connectivity index (χ0v) is 20.4. The summed E-state index contributed by atoms with van der Waals surface area (Å²) in [4.78, 5) is 16.4. The third-order valence-electron chi connectivity index (χ3n) is 4.73. The van der Waals surface area contributed by atoms with Crippen molar-refractivity contribution < 1.29 is 14.3 Å². The fourth-order valence-electron chi connectivity index (χ4n) is 3.00. The Hall–Kier alpha value is -2.49. The highest BCUT2D eigenvalue weighted by molar-refractivity contribution is 14.0. The van der Waals surface area contributed by atoms with Crippen LogP contribution in [0.2, 0.25) is 0 Å². The van der Waals surface area contributed by atoms with E-state index in [2.05, 4.69) is 27.9 Å². The number of hydrogen-bond donors (Lipinski definition) is 3. The summed E-state index contributed by atoms with van der Waals surface area (Å²) >= 11 is 0. The molecule has 0 aliphatic carbocycles. The van der Waals surface area contributed by atoms with Crippen LogP contribution in [0.25, 0.3) is 0 Å². The first-order valence-electron chi connectivity index (χ1n) is 10.4. The Labute approximate surface area is 201 Å². The Bertz CT molecular complexity index is 872. The van der Waals surface area contributed by atoms with Crippen LogP contribution >= 0.6 is 24.0 Å². The minimum atomic E-state index is -0.0326. The molecule has 2 aromatic rings. The molecule has 0 atom stereocenters. The maximum absolute atomic E-state index is 12.1. The maximum atomic E-state index is 12.1. The number of hydrogen-bond acceptors (Lipinski definition) is 4. The third-order valence-corrected chi connectivity index (χ3v) is 4.73. The molecule has 1 aliphatic rings. The highest BCUT2D eigenvalue weighted by Gasteiger charge is 2.11. The van der Waals surface area contributed by atoms with E-state index < -0.39 is 0 Å². The number of guanidine groups is 1. The van der Waals surface area contributed by atoms with E-state index in [0.717, 1.165) is 42.0 Å². The maximum Gasteiger partial charge on any atom is 0.251 e. The summed E-state index contributed by atoms with van der Waals surface area (Å²) in [5.74, 6) is 2.11. The van der Waals surface area contributed by atoms with E-state index in [0.29, 0.717) is 37.8 Å². The van der Waals surface area contributed by atoms with Gasteiger partial charge in [-0.2, -0.15) is 0 Å². The minimum absolute atomic E-state index is 0. The van der Waals surface area contributed by atoms with Crippen LogP contribution in [-0.4, -0.2) is 38.7 Å². The number of benzene rings is 2. The van der Waals surface area contributed by atoms with Gasteiger partial charge in [0.25, 0.3) is 5.91 Å². The van der Waals surface area contributed by atoms with Gasteiger partial charge in [-0.15, -0.1) is 24.0 Å². The molecule has 168 valence electrons. The van der Waals surface area contributed by atoms with E-state index in [-0.39, 0.29) is 29.9 Å². The quantitative estimate of drug-likeness (QED) is 0.213. The fraction of sp³-hybridized carbons (Fsp3) is 0.391. The number of fused-ring (bicyclic) bond motifs is 1. The molecule has 0 saturated heterocycles. The summed E-state index contributed by atoms with van der Waals surface area (Å²) in [6, 6.07) is 13.3. The average molecular weight is 538 g/mol. The van der Waals surface area contributed by atoms with Crippen LogP contribution in [0.5, 0.6) is 11.5 Å². The van der Waals surface area contributed by atoms with Crippen molar-refractivity contribution >= 4 is 41.5 Å². The van der Waals surface area contributed by atoms with Gasteiger partial charge < -0.3 is 25.4 Å². The second kappa shape index (κ2) is 13.0. The molecule has 3 rings (SSSR count). The first kappa shape index (κ1) is 24.8. The first-order valence-corrected chi connectivity index (χ1v) is 10.4. The third kappa shape index (κ3) is 7.61. The van der Waals surface area contributed by atoms with Crippen LogP contribution in [0.3, 0.4) is 0 Å². The minimum Gasteiger partial charge on any atom is -0.490 e. The van der Waals surface area contributed by atoms with Crippen molar-refractivity contribution in [2.24, 2.45) is 4.99 Å². The van der Waals surface area contributed by atoms with Crippen molar-refractivity contribution in [2.75, 3.05) is 32.1 Å². The molecule has 7 nitrogen and oxygen atoms in total. The van der Waals surface area contributed by atoms with Gasteiger partial charge >= 0.3 is 0 Å². The van der Waals surface area contributed by atoms with Crippen LogP contribution in [0.1, 0.15) is 42.1 Å². The number of aliphatic imine (C=N–C) groups is 1. The molecule has 1 heterocycles. The molecular weight excluding hydrogens is 507 g/mol. The molecule has 31 heavy (non-hydrogen) atoms. The van der Waals surface area contributed by atoms with Crippen LogP contribution in [0, 0.1) is 0 Å². The molecule has 0 fully saturated rings. The predicted molar refractivity (Wildman–Crippen MR) is 135 cm³/mol. The lowest BCUT2D eigenvalue weighted by Crippen LogP contribution is -2.30. The van der Waals surface area contributed by atoms with Gasteiger partial charge in [0.1, 0.15) is 0 Å². The highest BCUT2D eigenvalue weighted by atomic mass is 127. The van der Waals surface area contributed by atoms with E-state index in [1.165, 1.54) is 0 Å². The van der Waals surface area contributed by atoms with Gasteiger partial charge in [0.05, 0.1) is 13.2 Å². The second-order valence-electron chi connectivity index (χ2n) is 7.07. The van der Waals surface area contributed by atoms with Crippen molar-refractivity contribution in [1.29, 1.82) is 0 Å². The Morgan fingerprint density at radius 1 is 1.03 bits per heavy atom. The molecule has 1 amide bonds. The zero-order valence-electron chi connectivity index (χ0n) is 18.1. The lowest BCUT2D eigenvalue weighted by atomic mass is 10.1. The number of rotatable bonds is 7. The summed E-state index contributed by atoms with van der Waals surface area (Å²) in [7, 11) is 1.72. The number of carbonyl (C=O) groups excluding carboxylic acids is 1. The molecule has 0 aromatic heterocycles. The number of amides is 1. The van der Waals surface area contributed by atoms with E-state index in [9.17, 15) is 4.79 Å². The standard InChI is InChI=1S/C23H30N4O3.HI/c1-3-4-12-25-22(28)18-8-6-17(7-9-18)16-26-23(24-2)27-19-10-11-20-21(15-19)30-14-5-13-29-20;/h6-11,15H,3-5,12-14,16H2,1-2H3,(H,25,28)(H2,24,26,27);1H. The molecule has 0 unspecified atom stereocenters. The number of halogens is 1. The normalized spacial score (nSPS) is 12.9. The number of ether oxygens (including phenoxy) is 2. The summed E-state index contributed by atoms with van der Waals surface area (Å²) in [6.45, 7) is 4.71. The fourth-order valence-corrected chi connectivity index (χ4v) is 3.00. The topological polar surface area (TPSA) is 84.0 Å². The lowest BCUT2D eigenvalue weighted by Gasteiger charge is -2.14. The number of nitrogens with zero attached hydrogens (tertiary/aromatic N) is 1. The van der Waals surface area contributed by atoms with E-state index in [1.54, 1.807) is 7.05 Å². The number of anilines is 1. The molecule has 0 saturated carbocycles. The summed E-state index contributed by atoms with van der Waals surface area (Å²) in [5.41, 5.74) is 2.60. The van der Waals surface area contributed by atoms with Gasteiger partial charge in [0.15, 0.2) is 17.5 Å². The van der Waals surface area contributed by atoms with E-state index >= 15 is 0 Å². The van der Waals surface area contributed by atoms with Gasteiger partial charge in [-0.05, 0) is 36.2 Å². The Morgan fingerprint density at radius 3 is 2.48 bits per heavy atom.